The van der Waals surface area contributed by atoms with Crippen LogP contribution in [0.2, 0.25) is 0 Å². The predicted octanol–water partition coefficient (Wildman–Crippen LogP) is 6.09. The quantitative estimate of drug-likeness (QED) is 0.396. The average molecular weight is 440 g/mol. The van der Waals surface area contributed by atoms with Crippen LogP contribution < -0.4 is 5.32 Å². The number of fused-ring (bicyclic) bond motifs is 1. The average Bonchev–Trinajstić information content (AvgIpc) is 3.42. The van der Waals surface area contributed by atoms with Crippen LogP contribution in [-0.2, 0) is 16.3 Å². The molecule has 0 unspecified atom stereocenters. The zero-order valence-corrected chi connectivity index (χ0v) is 18.8. The lowest BCUT2D eigenvalue weighted by molar-refractivity contribution is -0.116. The second kappa shape index (κ2) is 9.05. The van der Waals surface area contributed by atoms with Crippen molar-refractivity contribution in [2.24, 2.45) is 0 Å². The molecule has 5 heteroatoms. The molecule has 0 saturated heterocycles. The van der Waals surface area contributed by atoms with E-state index in [-0.39, 0.29) is 11.8 Å². The van der Waals surface area contributed by atoms with E-state index in [0.717, 1.165) is 51.0 Å². The number of thioether (sulfide) groups is 1. The van der Waals surface area contributed by atoms with E-state index in [4.69, 9.17) is 5.10 Å². The highest BCUT2D eigenvalue weighted by Gasteiger charge is 2.26. The van der Waals surface area contributed by atoms with Gasteiger partial charge in [0.2, 0.25) is 5.91 Å². The molecule has 0 spiro atoms. The lowest BCUT2D eigenvalue weighted by Crippen LogP contribution is -2.19. The Balaban J connectivity index is 1.47. The summed E-state index contributed by atoms with van der Waals surface area (Å²) in [5, 5.41) is 8.09. The molecule has 2 heterocycles. The maximum Gasteiger partial charge on any atom is 0.226 e. The zero-order chi connectivity index (χ0) is 21.9. The van der Waals surface area contributed by atoms with Gasteiger partial charge < -0.3 is 5.32 Å². The van der Waals surface area contributed by atoms with Gasteiger partial charge in [-0.3, -0.25) is 4.79 Å². The van der Waals surface area contributed by atoms with Gasteiger partial charge in [-0.05, 0) is 29.7 Å². The van der Waals surface area contributed by atoms with Crippen LogP contribution >= 0.6 is 11.8 Å². The first-order chi connectivity index (χ1) is 15.7. The molecule has 0 radical (unpaired) electrons. The molecule has 0 fully saturated rings. The van der Waals surface area contributed by atoms with Crippen molar-refractivity contribution in [2.75, 3.05) is 5.32 Å². The molecule has 4 aromatic rings. The summed E-state index contributed by atoms with van der Waals surface area (Å²) in [5.74, 6) is 2.56. The summed E-state index contributed by atoms with van der Waals surface area (Å²) in [6.07, 6.45) is 0.370. The summed E-state index contributed by atoms with van der Waals surface area (Å²) in [6.45, 7) is 2.07. The van der Waals surface area contributed by atoms with E-state index >= 15 is 0 Å². The molecule has 160 valence electrons. The molecule has 1 amide bonds. The van der Waals surface area contributed by atoms with Crippen LogP contribution in [0.1, 0.15) is 40.3 Å². The number of carbonyl (C=O) groups excluding carboxylic acids is 1. The number of aromatic nitrogens is 2. The van der Waals surface area contributed by atoms with Gasteiger partial charge in [0.1, 0.15) is 5.82 Å². The molecule has 0 saturated carbocycles. The normalized spacial score (nSPS) is 12.7. The smallest absolute Gasteiger partial charge is 0.226 e. The fraction of sp³-hybridized carbons (Fsp3) is 0.185. The van der Waals surface area contributed by atoms with E-state index < -0.39 is 0 Å². The Kier molecular flexibility index (Phi) is 5.82. The van der Waals surface area contributed by atoms with Crippen molar-refractivity contribution in [3.8, 4) is 5.69 Å². The van der Waals surface area contributed by atoms with Crippen LogP contribution in [-0.4, -0.2) is 15.7 Å². The molecule has 1 N–H and O–H groups in total. The summed E-state index contributed by atoms with van der Waals surface area (Å²) < 4.78 is 1.91. The molecule has 1 aliphatic rings. The van der Waals surface area contributed by atoms with E-state index in [1.165, 1.54) is 0 Å². The molecule has 1 aliphatic heterocycles. The van der Waals surface area contributed by atoms with Crippen molar-refractivity contribution >= 4 is 23.5 Å². The van der Waals surface area contributed by atoms with Crippen molar-refractivity contribution in [3.05, 3.63) is 113 Å². The van der Waals surface area contributed by atoms with E-state index in [0.29, 0.717) is 6.42 Å². The molecule has 0 bridgehead atoms. The zero-order valence-electron chi connectivity index (χ0n) is 18.0. The van der Waals surface area contributed by atoms with Crippen molar-refractivity contribution in [2.45, 2.75) is 30.8 Å². The molecule has 0 aliphatic carbocycles. The number of nitrogens with one attached hydrogen (secondary N) is 1. The molecular weight excluding hydrogens is 414 g/mol. The molecule has 32 heavy (non-hydrogen) atoms. The minimum atomic E-state index is -0.00495. The second-order valence-electron chi connectivity index (χ2n) is 8.09. The highest BCUT2D eigenvalue weighted by molar-refractivity contribution is 7.98. The van der Waals surface area contributed by atoms with Crippen molar-refractivity contribution in [3.63, 3.8) is 0 Å². The lowest BCUT2D eigenvalue weighted by Gasteiger charge is -2.19. The van der Waals surface area contributed by atoms with Gasteiger partial charge in [-0.25, -0.2) is 4.68 Å². The van der Waals surface area contributed by atoms with Gasteiger partial charge in [0.25, 0.3) is 0 Å². The number of hydrogen-bond donors (Lipinski definition) is 1. The molecule has 4 nitrogen and oxygen atoms in total. The fourth-order valence-electron chi connectivity index (χ4n) is 4.28. The lowest BCUT2D eigenvalue weighted by atomic mass is 9.88. The monoisotopic (exact) mass is 439 g/mol. The Labute approximate surface area is 192 Å². The molecule has 5 rings (SSSR count). The Bertz CT molecular complexity index is 1200. The number of nitrogens with zero attached hydrogens (tertiary/aromatic N) is 2. The minimum Gasteiger partial charge on any atom is -0.310 e. The van der Waals surface area contributed by atoms with Gasteiger partial charge in [0.15, 0.2) is 0 Å². The first-order valence-electron chi connectivity index (χ1n) is 10.8. The van der Waals surface area contributed by atoms with Crippen LogP contribution in [0.5, 0.6) is 0 Å². The van der Waals surface area contributed by atoms with Crippen LogP contribution in [0, 0.1) is 6.92 Å². The Morgan fingerprint density at radius 2 is 1.56 bits per heavy atom. The first-order valence-corrected chi connectivity index (χ1v) is 12.0. The summed E-state index contributed by atoms with van der Waals surface area (Å²) in [6, 6.07) is 28.7. The number of benzene rings is 3. The van der Waals surface area contributed by atoms with E-state index in [9.17, 15) is 4.79 Å². The largest absolute Gasteiger partial charge is 0.310 e. The summed E-state index contributed by atoms with van der Waals surface area (Å²) in [5.41, 5.74) is 6.62. The highest BCUT2D eigenvalue weighted by atomic mass is 32.2. The third-order valence-corrected chi connectivity index (χ3v) is 6.92. The van der Waals surface area contributed by atoms with Gasteiger partial charge in [-0.15, -0.1) is 0 Å². The Hall–Kier alpha value is -3.31. The second-order valence-corrected chi connectivity index (χ2v) is 9.08. The van der Waals surface area contributed by atoms with Gasteiger partial charge >= 0.3 is 0 Å². The van der Waals surface area contributed by atoms with Gasteiger partial charge in [-0.1, -0.05) is 78.9 Å². The number of para-hydroxylation sites is 1. The molecule has 0 atom stereocenters. The number of aryl methyl sites for hydroxylation is 1. The van der Waals surface area contributed by atoms with E-state index in [1.54, 1.807) is 0 Å². The van der Waals surface area contributed by atoms with Crippen molar-refractivity contribution < 1.29 is 4.79 Å². The van der Waals surface area contributed by atoms with E-state index in [1.807, 2.05) is 65.0 Å². The van der Waals surface area contributed by atoms with Gasteiger partial charge in [-0.2, -0.15) is 16.9 Å². The van der Waals surface area contributed by atoms with Crippen molar-refractivity contribution in [1.29, 1.82) is 0 Å². The standard InChI is InChI=1S/C27H25N3OS/c1-19-10-8-9-15-25(19)30-27(23-17-32-18-24(23)29-30)28-26(31)16-22(20-11-4-2-5-12-20)21-13-6-3-7-14-21/h2-15,22H,16-18H2,1H3,(H,28,31). The summed E-state index contributed by atoms with van der Waals surface area (Å²) in [7, 11) is 0. The molecule has 1 aromatic heterocycles. The van der Waals surface area contributed by atoms with Crippen LogP contribution in [0.4, 0.5) is 5.82 Å². The van der Waals surface area contributed by atoms with Gasteiger partial charge in [0.05, 0.1) is 11.4 Å². The highest BCUT2D eigenvalue weighted by Crippen LogP contribution is 2.37. The SMILES string of the molecule is Cc1ccccc1-n1nc2c(c1NC(=O)CC(c1ccccc1)c1ccccc1)CSC2. The number of carbonyl (C=O) groups is 1. The van der Waals surface area contributed by atoms with Crippen LogP contribution in [0.25, 0.3) is 5.69 Å². The Morgan fingerprint density at radius 1 is 0.938 bits per heavy atom. The Morgan fingerprint density at radius 3 is 2.22 bits per heavy atom. The van der Waals surface area contributed by atoms with Crippen LogP contribution in [0.3, 0.4) is 0 Å². The number of amides is 1. The minimum absolute atomic E-state index is 0.00265. The summed E-state index contributed by atoms with van der Waals surface area (Å²) in [4.78, 5) is 13.4. The van der Waals surface area contributed by atoms with Crippen LogP contribution in [0.15, 0.2) is 84.9 Å². The molecule has 3 aromatic carbocycles. The first kappa shape index (κ1) is 20.6. The maximum atomic E-state index is 13.4. The predicted molar refractivity (Wildman–Crippen MR) is 131 cm³/mol. The third kappa shape index (κ3) is 4.08. The van der Waals surface area contributed by atoms with E-state index in [2.05, 4.69) is 48.6 Å². The maximum absolute atomic E-state index is 13.4. The summed E-state index contributed by atoms with van der Waals surface area (Å²) >= 11 is 1.84. The van der Waals surface area contributed by atoms with Crippen molar-refractivity contribution in [1.82, 2.24) is 9.78 Å². The number of hydrogen-bond acceptors (Lipinski definition) is 3. The topological polar surface area (TPSA) is 46.9 Å². The van der Waals surface area contributed by atoms with Gasteiger partial charge in [0, 0.05) is 29.4 Å². The number of anilines is 1. The fourth-order valence-corrected chi connectivity index (χ4v) is 5.32. The number of rotatable bonds is 6. The molecular formula is C27H25N3OS. The third-order valence-electron chi connectivity index (χ3n) is 5.95.